The van der Waals surface area contributed by atoms with Gasteiger partial charge in [0.1, 0.15) is 6.17 Å². The average Bonchev–Trinajstić information content (AvgIpc) is 2.79. The highest BCUT2D eigenvalue weighted by atomic mass is 19.1. The summed E-state index contributed by atoms with van der Waals surface area (Å²) in [5.74, 6) is 0.240. The van der Waals surface area contributed by atoms with Crippen molar-refractivity contribution in [2.24, 2.45) is 5.92 Å². The normalized spacial score (nSPS) is 39.6. The van der Waals surface area contributed by atoms with Crippen LogP contribution in [0.1, 0.15) is 44.9 Å². The van der Waals surface area contributed by atoms with Crippen LogP contribution in [0.5, 0.6) is 0 Å². The van der Waals surface area contributed by atoms with Gasteiger partial charge in [0.15, 0.2) is 0 Å². The summed E-state index contributed by atoms with van der Waals surface area (Å²) in [5.41, 5.74) is 0.0891. The molecule has 16 heavy (non-hydrogen) atoms. The van der Waals surface area contributed by atoms with Crippen LogP contribution in [0.15, 0.2) is 0 Å². The van der Waals surface area contributed by atoms with Gasteiger partial charge >= 0.3 is 0 Å². The van der Waals surface area contributed by atoms with Crippen LogP contribution in [0.25, 0.3) is 0 Å². The van der Waals surface area contributed by atoms with Gasteiger partial charge in [-0.05, 0) is 57.4 Å². The topological polar surface area (TPSA) is 21.3 Å². The molecule has 0 amide bonds. The number of alkyl halides is 1. The van der Waals surface area contributed by atoms with Gasteiger partial charge in [-0.3, -0.25) is 0 Å². The summed E-state index contributed by atoms with van der Waals surface area (Å²) >= 11 is 0. The summed E-state index contributed by atoms with van der Waals surface area (Å²) < 4.78 is 20.2. The SMILES string of the molecule is FC(C1CCOC2(CCC2)C1)C1CCCN1. The van der Waals surface area contributed by atoms with Crippen LogP contribution in [-0.4, -0.2) is 31.0 Å². The molecule has 0 radical (unpaired) electrons. The van der Waals surface area contributed by atoms with Crippen molar-refractivity contribution in [1.82, 2.24) is 5.32 Å². The maximum Gasteiger partial charge on any atom is 0.118 e. The van der Waals surface area contributed by atoms with Crippen LogP contribution in [0.3, 0.4) is 0 Å². The van der Waals surface area contributed by atoms with Crippen LogP contribution >= 0.6 is 0 Å². The molecule has 1 N–H and O–H groups in total. The van der Waals surface area contributed by atoms with Gasteiger partial charge in [-0.2, -0.15) is 0 Å². The summed E-state index contributed by atoms with van der Waals surface area (Å²) in [7, 11) is 0. The molecule has 2 saturated heterocycles. The third-order valence-corrected chi connectivity index (χ3v) is 4.73. The standard InChI is InChI=1S/C13H22FNO/c14-12(11-3-1-7-15-11)10-4-8-16-13(9-10)5-2-6-13/h10-12,15H,1-9H2. The lowest BCUT2D eigenvalue weighted by molar-refractivity contribution is -0.152. The maximum atomic E-state index is 14.4. The fourth-order valence-electron chi connectivity index (χ4n) is 3.57. The quantitative estimate of drug-likeness (QED) is 0.782. The van der Waals surface area contributed by atoms with Gasteiger partial charge in [-0.25, -0.2) is 4.39 Å². The molecule has 3 heteroatoms. The molecule has 0 aromatic heterocycles. The highest BCUT2D eigenvalue weighted by molar-refractivity contribution is 4.97. The Kier molecular flexibility index (Phi) is 2.92. The predicted molar refractivity (Wildman–Crippen MR) is 61.2 cm³/mol. The zero-order valence-electron chi connectivity index (χ0n) is 9.88. The van der Waals surface area contributed by atoms with E-state index in [0.717, 1.165) is 51.7 Å². The fourth-order valence-corrected chi connectivity index (χ4v) is 3.57. The lowest BCUT2D eigenvalue weighted by Crippen LogP contribution is -2.49. The minimum absolute atomic E-state index is 0.0891. The molecule has 3 unspecified atom stereocenters. The Hall–Kier alpha value is -0.150. The molecule has 1 aliphatic carbocycles. The van der Waals surface area contributed by atoms with Gasteiger partial charge in [-0.15, -0.1) is 0 Å². The molecule has 3 atom stereocenters. The average molecular weight is 227 g/mol. The van der Waals surface area contributed by atoms with Crippen molar-refractivity contribution in [2.75, 3.05) is 13.2 Å². The highest BCUT2D eigenvalue weighted by Gasteiger charge is 2.45. The third kappa shape index (κ3) is 1.88. The van der Waals surface area contributed by atoms with Crippen molar-refractivity contribution in [3.63, 3.8) is 0 Å². The Labute approximate surface area is 96.9 Å². The fraction of sp³-hybridized carbons (Fsp3) is 1.00. The molecular weight excluding hydrogens is 205 g/mol. The molecule has 1 spiro atoms. The minimum Gasteiger partial charge on any atom is -0.375 e. The van der Waals surface area contributed by atoms with Gasteiger partial charge < -0.3 is 10.1 Å². The van der Waals surface area contributed by atoms with Gasteiger partial charge in [-0.1, -0.05) is 0 Å². The van der Waals surface area contributed by atoms with E-state index in [9.17, 15) is 4.39 Å². The lowest BCUT2D eigenvalue weighted by atomic mass is 9.70. The Morgan fingerprint density at radius 3 is 2.75 bits per heavy atom. The van der Waals surface area contributed by atoms with Crippen molar-refractivity contribution >= 4 is 0 Å². The molecule has 0 aromatic carbocycles. The Morgan fingerprint density at radius 2 is 2.12 bits per heavy atom. The van der Waals surface area contributed by atoms with E-state index in [1.165, 1.54) is 6.42 Å². The molecule has 2 aliphatic heterocycles. The second-order valence-electron chi connectivity index (χ2n) is 5.79. The van der Waals surface area contributed by atoms with Crippen LogP contribution in [0, 0.1) is 5.92 Å². The van der Waals surface area contributed by atoms with Crippen molar-refractivity contribution < 1.29 is 9.13 Å². The third-order valence-electron chi connectivity index (χ3n) is 4.73. The number of hydrogen-bond acceptors (Lipinski definition) is 2. The zero-order chi connectivity index (χ0) is 11.0. The zero-order valence-corrected chi connectivity index (χ0v) is 9.88. The van der Waals surface area contributed by atoms with Crippen LogP contribution in [0.4, 0.5) is 4.39 Å². The molecule has 3 rings (SSSR count). The van der Waals surface area contributed by atoms with Crippen LogP contribution in [0.2, 0.25) is 0 Å². The van der Waals surface area contributed by atoms with Crippen molar-refractivity contribution in [2.45, 2.75) is 62.8 Å². The van der Waals surface area contributed by atoms with Crippen molar-refractivity contribution in [3.05, 3.63) is 0 Å². The van der Waals surface area contributed by atoms with E-state index in [1.807, 2.05) is 0 Å². The Balaban J connectivity index is 1.60. The first-order valence-corrected chi connectivity index (χ1v) is 6.81. The van der Waals surface area contributed by atoms with Gasteiger partial charge in [0, 0.05) is 12.6 Å². The molecule has 0 aromatic rings. The first kappa shape index (κ1) is 11.0. The second-order valence-corrected chi connectivity index (χ2v) is 5.79. The van der Waals surface area contributed by atoms with Crippen molar-refractivity contribution in [3.8, 4) is 0 Å². The number of halogens is 1. The summed E-state index contributed by atoms with van der Waals surface area (Å²) in [6.45, 7) is 1.78. The van der Waals surface area contributed by atoms with E-state index < -0.39 is 6.17 Å². The maximum absolute atomic E-state index is 14.4. The second kappa shape index (κ2) is 4.26. The molecule has 3 aliphatic rings. The van der Waals surface area contributed by atoms with E-state index in [0.29, 0.717) is 0 Å². The van der Waals surface area contributed by atoms with Gasteiger partial charge in [0.25, 0.3) is 0 Å². The summed E-state index contributed by atoms with van der Waals surface area (Å²) in [4.78, 5) is 0. The lowest BCUT2D eigenvalue weighted by Gasteiger charge is -2.48. The van der Waals surface area contributed by atoms with E-state index >= 15 is 0 Å². The van der Waals surface area contributed by atoms with Gasteiger partial charge in [0.05, 0.1) is 5.60 Å². The summed E-state index contributed by atoms with van der Waals surface area (Å²) in [6.07, 6.45) is 6.98. The number of hydrogen-bond donors (Lipinski definition) is 1. The largest absolute Gasteiger partial charge is 0.375 e. The van der Waals surface area contributed by atoms with E-state index in [-0.39, 0.29) is 17.6 Å². The molecule has 92 valence electrons. The molecular formula is C13H22FNO. The monoisotopic (exact) mass is 227 g/mol. The molecule has 2 nitrogen and oxygen atoms in total. The smallest absolute Gasteiger partial charge is 0.118 e. The number of nitrogens with one attached hydrogen (secondary N) is 1. The van der Waals surface area contributed by atoms with Crippen molar-refractivity contribution in [1.29, 1.82) is 0 Å². The summed E-state index contributed by atoms with van der Waals surface area (Å²) in [6, 6.07) is 0.125. The molecule has 1 saturated carbocycles. The first-order chi connectivity index (χ1) is 7.79. The molecule has 2 heterocycles. The van der Waals surface area contributed by atoms with Crippen LogP contribution < -0.4 is 5.32 Å². The highest BCUT2D eigenvalue weighted by Crippen LogP contribution is 2.46. The van der Waals surface area contributed by atoms with E-state index in [1.54, 1.807) is 0 Å². The first-order valence-electron chi connectivity index (χ1n) is 6.81. The Morgan fingerprint density at radius 1 is 1.25 bits per heavy atom. The van der Waals surface area contributed by atoms with Crippen LogP contribution in [-0.2, 0) is 4.74 Å². The van der Waals surface area contributed by atoms with E-state index in [4.69, 9.17) is 4.74 Å². The summed E-state index contributed by atoms with van der Waals surface area (Å²) in [5, 5.41) is 3.30. The van der Waals surface area contributed by atoms with E-state index in [2.05, 4.69) is 5.32 Å². The Bertz CT molecular complexity index is 248. The molecule has 0 bridgehead atoms. The minimum atomic E-state index is -0.649. The number of ether oxygens (including phenoxy) is 1. The van der Waals surface area contributed by atoms with Gasteiger partial charge in [0.2, 0.25) is 0 Å². The predicted octanol–water partition coefficient (Wildman–Crippen LogP) is 2.43. The molecule has 3 fully saturated rings. The number of rotatable bonds is 2.